The van der Waals surface area contributed by atoms with Gasteiger partial charge < -0.3 is 19.6 Å². The van der Waals surface area contributed by atoms with Gasteiger partial charge in [0.05, 0.1) is 16.6 Å². The Morgan fingerprint density at radius 2 is 1.81 bits per heavy atom. The highest BCUT2D eigenvalue weighted by Gasteiger charge is 2.36. The van der Waals surface area contributed by atoms with Crippen LogP contribution in [0.2, 0.25) is 5.02 Å². The van der Waals surface area contributed by atoms with Crippen molar-refractivity contribution in [3.63, 3.8) is 0 Å². The molecule has 4 heterocycles. The highest BCUT2D eigenvalue weighted by Crippen LogP contribution is 2.37. The number of carbonyl (C=O) groups excluding carboxylic acids is 1. The normalized spacial score (nSPS) is 20.9. The third-order valence-corrected chi connectivity index (χ3v) is 8.84. The lowest BCUT2D eigenvalue weighted by atomic mass is 10.0. The van der Waals surface area contributed by atoms with E-state index in [0.717, 1.165) is 23.7 Å². The third kappa shape index (κ3) is 5.54. The lowest BCUT2D eigenvalue weighted by Crippen LogP contribution is -2.59. The maximum absolute atomic E-state index is 16.8. The second kappa shape index (κ2) is 12.1. The number of nitrogens with zero attached hydrogens (tertiary/aromatic N) is 8. The lowest BCUT2D eigenvalue weighted by Gasteiger charge is -2.45. The van der Waals surface area contributed by atoms with Gasteiger partial charge in [0.15, 0.2) is 5.82 Å². The molecule has 0 unspecified atom stereocenters. The van der Waals surface area contributed by atoms with Crippen LogP contribution in [0, 0.1) is 5.82 Å². The number of aromatic nitrogens is 4. The molecule has 9 nitrogen and oxygen atoms in total. The Hall–Kier alpha value is -3.76. The number of hydrogen-bond acceptors (Lipinski definition) is 7. The molecule has 2 aromatic heterocycles. The number of halogens is 2. The van der Waals surface area contributed by atoms with Gasteiger partial charge in [0, 0.05) is 67.5 Å². The summed E-state index contributed by atoms with van der Waals surface area (Å²) in [5.74, 6) is 0.506. The van der Waals surface area contributed by atoms with Crippen LogP contribution in [-0.4, -0.2) is 93.9 Å². The summed E-state index contributed by atoms with van der Waals surface area (Å²) < 4.78 is 18.5. The molecule has 2 fully saturated rings. The second-order valence-corrected chi connectivity index (χ2v) is 12.2. The van der Waals surface area contributed by atoms with Gasteiger partial charge in [0.1, 0.15) is 11.3 Å². The molecule has 0 N–H and O–H groups in total. The maximum Gasteiger partial charge on any atom is 0.246 e. The Morgan fingerprint density at radius 1 is 1.14 bits per heavy atom. The summed E-state index contributed by atoms with van der Waals surface area (Å²) in [4.78, 5) is 30.6. The highest BCUT2D eigenvalue weighted by atomic mass is 35.5. The molecule has 0 radical (unpaired) electrons. The van der Waals surface area contributed by atoms with Crippen molar-refractivity contribution in [2.24, 2.45) is 7.05 Å². The van der Waals surface area contributed by atoms with Gasteiger partial charge in [-0.2, -0.15) is 10.1 Å². The van der Waals surface area contributed by atoms with Crippen molar-refractivity contribution >= 4 is 51.8 Å². The predicted molar refractivity (Wildman–Crippen MR) is 172 cm³/mol. The average Bonchev–Trinajstić information content (AvgIpc) is 3.30. The van der Waals surface area contributed by atoms with Crippen molar-refractivity contribution in [1.29, 1.82) is 0 Å². The van der Waals surface area contributed by atoms with E-state index in [1.54, 1.807) is 16.9 Å². The van der Waals surface area contributed by atoms with Crippen LogP contribution in [0.25, 0.3) is 22.6 Å². The SMILES string of the molecule is C=CC(=O)N1[C@H](C)CN(c2nc(N3CC(N(C)C)C3)nc3c(F)c(/C(C)=c4/c(=C\C=C\C)cnn4C)c(Cl)cc23)C[C@@H]1C. The number of fused-ring (bicyclic) bond motifs is 1. The number of piperazine rings is 1. The van der Waals surface area contributed by atoms with Crippen LogP contribution in [0.3, 0.4) is 0 Å². The summed E-state index contributed by atoms with van der Waals surface area (Å²) in [7, 11) is 5.93. The Morgan fingerprint density at radius 3 is 2.42 bits per heavy atom. The molecule has 228 valence electrons. The summed E-state index contributed by atoms with van der Waals surface area (Å²) in [5, 5.41) is 6.87. The number of rotatable bonds is 6. The Bertz CT molecular complexity index is 1710. The zero-order valence-corrected chi connectivity index (χ0v) is 26.7. The van der Waals surface area contributed by atoms with E-state index in [1.165, 1.54) is 6.08 Å². The Balaban J connectivity index is 1.71. The molecule has 5 rings (SSSR count). The molecular formula is C32H40ClFN8O. The van der Waals surface area contributed by atoms with Crippen LogP contribution in [0.1, 0.15) is 33.3 Å². The number of amides is 1. The van der Waals surface area contributed by atoms with Crippen molar-refractivity contribution in [2.75, 3.05) is 50.1 Å². The number of carbonyl (C=O) groups is 1. The van der Waals surface area contributed by atoms with E-state index in [9.17, 15) is 4.79 Å². The van der Waals surface area contributed by atoms with Crippen LogP contribution in [0.4, 0.5) is 16.2 Å². The zero-order chi connectivity index (χ0) is 31.2. The smallest absolute Gasteiger partial charge is 0.246 e. The fourth-order valence-corrected chi connectivity index (χ4v) is 6.56. The molecule has 0 spiro atoms. The molecule has 0 bridgehead atoms. The fraction of sp³-hybridized carbons (Fsp3) is 0.438. The molecule has 0 saturated carbocycles. The largest absolute Gasteiger partial charge is 0.352 e. The topological polar surface area (TPSA) is 73.6 Å². The second-order valence-electron chi connectivity index (χ2n) is 11.8. The summed E-state index contributed by atoms with van der Waals surface area (Å²) in [6, 6.07) is 1.95. The first-order valence-corrected chi connectivity index (χ1v) is 15.0. The van der Waals surface area contributed by atoms with Crippen LogP contribution in [-0.2, 0) is 11.8 Å². The third-order valence-electron chi connectivity index (χ3n) is 8.54. The van der Waals surface area contributed by atoms with Crippen LogP contribution in [0.15, 0.2) is 37.1 Å². The molecule has 3 aromatic rings. The van der Waals surface area contributed by atoms with Gasteiger partial charge in [-0.25, -0.2) is 9.37 Å². The quantitative estimate of drug-likeness (QED) is 0.399. The van der Waals surface area contributed by atoms with Crippen molar-refractivity contribution in [3.8, 4) is 0 Å². The molecule has 2 saturated heterocycles. The fourth-order valence-electron chi connectivity index (χ4n) is 6.23. The van der Waals surface area contributed by atoms with Crippen LogP contribution in [0.5, 0.6) is 0 Å². The molecule has 43 heavy (non-hydrogen) atoms. The number of likely N-dealkylation sites (N-methyl/N-ethyl adjacent to an activating group) is 1. The van der Waals surface area contributed by atoms with Crippen molar-refractivity contribution in [2.45, 2.75) is 45.8 Å². The standard InChI is InChI=1S/C32H40ClFN8O/c1-9-11-12-22-14-35-39(8)30(22)21(5)27-25(33)13-24-29(28(27)34)36-32(41-17-23(18-41)38(6)7)37-31(24)40-15-19(3)42(20(4)16-40)26(43)10-2/h9-14,19-20,23H,2,15-18H2,1,3-8H3/b11-9+,22-12-,30-21-/t19-,20+. The summed E-state index contributed by atoms with van der Waals surface area (Å²) in [6.07, 6.45) is 8.91. The molecule has 2 aliphatic rings. The van der Waals surface area contributed by atoms with E-state index in [2.05, 4.69) is 40.5 Å². The number of hydrogen-bond donors (Lipinski definition) is 0. The first-order valence-electron chi connectivity index (χ1n) is 14.6. The van der Waals surface area contributed by atoms with Gasteiger partial charge in [-0.1, -0.05) is 36.4 Å². The minimum atomic E-state index is -0.491. The van der Waals surface area contributed by atoms with E-state index in [0.29, 0.717) is 47.4 Å². The summed E-state index contributed by atoms with van der Waals surface area (Å²) in [6.45, 7) is 14.0. The van der Waals surface area contributed by atoms with Gasteiger partial charge in [-0.3, -0.25) is 9.48 Å². The lowest BCUT2D eigenvalue weighted by molar-refractivity contribution is -0.130. The molecule has 11 heteroatoms. The number of benzene rings is 1. The average molecular weight is 607 g/mol. The van der Waals surface area contributed by atoms with Crippen molar-refractivity contribution in [1.82, 2.24) is 29.5 Å². The van der Waals surface area contributed by atoms with Gasteiger partial charge in [-0.05, 0) is 59.5 Å². The maximum atomic E-state index is 16.8. The van der Waals surface area contributed by atoms with E-state index in [4.69, 9.17) is 21.6 Å². The van der Waals surface area contributed by atoms with Gasteiger partial charge >= 0.3 is 0 Å². The monoisotopic (exact) mass is 606 g/mol. The highest BCUT2D eigenvalue weighted by molar-refractivity contribution is 6.33. The predicted octanol–water partition coefficient (Wildman–Crippen LogP) is 3.09. The van der Waals surface area contributed by atoms with E-state index in [-0.39, 0.29) is 28.5 Å². The molecular weight excluding hydrogens is 567 g/mol. The molecule has 0 aliphatic carbocycles. The zero-order valence-electron chi connectivity index (χ0n) is 26.0. The van der Waals surface area contributed by atoms with Crippen molar-refractivity contribution in [3.05, 3.63) is 64.0 Å². The van der Waals surface area contributed by atoms with Gasteiger partial charge in [0.2, 0.25) is 11.9 Å². The number of aryl methyl sites for hydroxylation is 1. The molecule has 1 aromatic carbocycles. The molecule has 2 atom stereocenters. The first kappa shape index (κ1) is 30.7. The minimum Gasteiger partial charge on any atom is -0.352 e. The van der Waals surface area contributed by atoms with E-state index in [1.807, 2.05) is 57.9 Å². The summed E-state index contributed by atoms with van der Waals surface area (Å²) in [5.41, 5.74) is 1.18. The first-order chi connectivity index (χ1) is 20.5. The van der Waals surface area contributed by atoms with Gasteiger partial charge in [0.25, 0.3) is 0 Å². The van der Waals surface area contributed by atoms with Crippen LogP contribution < -0.4 is 20.4 Å². The molecule has 1 amide bonds. The van der Waals surface area contributed by atoms with Gasteiger partial charge in [-0.15, -0.1) is 0 Å². The Kier molecular flexibility index (Phi) is 8.63. The summed E-state index contributed by atoms with van der Waals surface area (Å²) >= 11 is 6.91. The minimum absolute atomic E-state index is 0.100. The van der Waals surface area contributed by atoms with E-state index >= 15 is 4.39 Å². The van der Waals surface area contributed by atoms with E-state index < -0.39 is 5.82 Å². The Labute approximate surface area is 257 Å². The molecule has 2 aliphatic heterocycles. The van der Waals surface area contributed by atoms with Crippen molar-refractivity contribution < 1.29 is 9.18 Å². The van der Waals surface area contributed by atoms with Crippen LogP contribution >= 0.6 is 11.6 Å². The number of anilines is 2. The number of allylic oxidation sites excluding steroid dienone is 2.